The second-order valence-electron chi connectivity index (χ2n) is 8.99. The van der Waals surface area contributed by atoms with Crippen LogP contribution in [0.25, 0.3) is 0 Å². The first-order valence-electron chi connectivity index (χ1n) is 12.3. The van der Waals surface area contributed by atoms with Crippen LogP contribution in [0.4, 0.5) is 4.79 Å². The normalized spacial score (nSPS) is 17.6. The van der Waals surface area contributed by atoms with Gasteiger partial charge in [-0.05, 0) is 24.5 Å². The Morgan fingerprint density at radius 1 is 0.865 bits per heavy atom. The molecule has 0 saturated carbocycles. The van der Waals surface area contributed by atoms with Crippen molar-refractivity contribution in [2.75, 3.05) is 54.1 Å². The molecule has 0 bridgehead atoms. The molecule has 0 radical (unpaired) electrons. The Balaban J connectivity index is 0.00000380. The van der Waals surface area contributed by atoms with Crippen LogP contribution in [0, 0.1) is 0 Å². The summed E-state index contributed by atoms with van der Waals surface area (Å²) in [5.74, 6) is 1.86. The van der Waals surface area contributed by atoms with Crippen molar-refractivity contribution in [3.8, 4) is 17.2 Å². The number of halogens is 1. The minimum absolute atomic E-state index is 0. The summed E-state index contributed by atoms with van der Waals surface area (Å²) in [5.41, 5.74) is 1.92. The number of piperazine rings is 1. The van der Waals surface area contributed by atoms with Crippen LogP contribution in [0.2, 0.25) is 0 Å². The SMILES string of the molecule is COc1ccc(CN2CCN(C(=O)[C@H]3CCCN3C(=O)OCc3ccccc3)CC2)c(OC)c1OC.Cl. The molecular formula is C27H36ClN3O6. The Bertz CT molecular complexity index is 1050. The number of rotatable bonds is 8. The highest BCUT2D eigenvalue weighted by atomic mass is 35.5. The zero-order valence-electron chi connectivity index (χ0n) is 21.7. The quantitative estimate of drug-likeness (QED) is 0.513. The molecule has 0 N–H and O–H groups in total. The maximum absolute atomic E-state index is 13.3. The maximum Gasteiger partial charge on any atom is 0.410 e. The summed E-state index contributed by atoms with van der Waals surface area (Å²) >= 11 is 0. The zero-order chi connectivity index (χ0) is 25.5. The molecule has 202 valence electrons. The number of hydrogen-bond donors (Lipinski definition) is 0. The Labute approximate surface area is 224 Å². The second kappa shape index (κ2) is 13.4. The third-order valence-corrected chi connectivity index (χ3v) is 6.84. The predicted octanol–water partition coefficient (Wildman–Crippen LogP) is 3.58. The molecule has 2 aliphatic rings. The van der Waals surface area contributed by atoms with E-state index in [1.165, 1.54) is 0 Å². The standard InChI is InChI=1S/C27H35N3O6.ClH/c1-33-23-12-11-21(24(34-2)25(23)35-3)18-28-14-16-29(17-15-28)26(31)22-10-7-13-30(22)27(32)36-19-20-8-5-4-6-9-20;/h4-6,8-9,11-12,22H,7,10,13-19H2,1-3H3;1H/t22-;/m1./s1. The van der Waals surface area contributed by atoms with Gasteiger partial charge in [-0.25, -0.2) is 4.79 Å². The van der Waals surface area contributed by atoms with E-state index in [9.17, 15) is 9.59 Å². The van der Waals surface area contributed by atoms with Crippen LogP contribution >= 0.6 is 12.4 Å². The van der Waals surface area contributed by atoms with Crippen molar-refractivity contribution >= 4 is 24.4 Å². The molecule has 37 heavy (non-hydrogen) atoms. The highest BCUT2D eigenvalue weighted by molar-refractivity contribution is 5.86. The average Bonchev–Trinajstić information content (AvgIpc) is 3.42. The summed E-state index contributed by atoms with van der Waals surface area (Å²) in [6.45, 7) is 4.10. The van der Waals surface area contributed by atoms with Crippen LogP contribution in [-0.4, -0.2) is 86.8 Å². The number of carbonyl (C=O) groups excluding carboxylic acids is 2. The summed E-state index contributed by atoms with van der Waals surface area (Å²) in [5, 5.41) is 0. The summed E-state index contributed by atoms with van der Waals surface area (Å²) in [6, 6.07) is 13.0. The molecule has 2 saturated heterocycles. The number of carbonyl (C=O) groups is 2. The Morgan fingerprint density at radius 2 is 1.57 bits per heavy atom. The molecule has 1 atom stereocenters. The second-order valence-corrected chi connectivity index (χ2v) is 8.99. The predicted molar refractivity (Wildman–Crippen MR) is 142 cm³/mol. The first kappa shape index (κ1) is 28.4. The molecule has 2 heterocycles. The van der Waals surface area contributed by atoms with Crippen molar-refractivity contribution < 1.29 is 28.5 Å². The fourth-order valence-corrected chi connectivity index (χ4v) is 4.91. The summed E-state index contributed by atoms with van der Waals surface area (Å²) in [6.07, 6.45) is 1.05. The molecule has 9 nitrogen and oxygen atoms in total. The lowest BCUT2D eigenvalue weighted by molar-refractivity contribution is -0.137. The minimum Gasteiger partial charge on any atom is -0.493 e. The van der Waals surface area contributed by atoms with Crippen LogP contribution in [0.1, 0.15) is 24.0 Å². The molecule has 4 rings (SSSR count). The van der Waals surface area contributed by atoms with Crippen molar-refractivity contribution in [2.24, 2.45) is 0 Å². The zero-order valence-corrected chi connectivity index (χ0v) is 22.5. The van der Waals surface area contributed by atoms with Gasteiger partial charge in [0.15, 0.2) is 11.5 Å². The Hall–Kier alpha value is -3.17. The molecule has 0 aromatic heterocycles. The summed E-state index contributed by atoms with van der Waals surface area (Å²) in [7, 11) is 4.82. The van der Waals surface area contributed by atoms with E-state index in [-0.39, 0.29) is 24.9 Å². The molecule has 0 aliphatic carbocycles. The minimum atomic E-state index is -0.453. The molecule has 0 unspecified atom stereocenters. The first-order valence-corrected chi connectivity index (χ1v) is 12.3. The van der Waals surface area contributed by atoms with Crippen LogP contribution < -0.4 is 14.2 Å². The van der Waals surface area contributed by atoms with Crippen molar-refractivity contribution in [1.82, 2.24) is 14.7 Å². The van der Waals surface area contributed by atoms with Crippen LogP contribution in [0.15, 0.2) is 42.5 Å². The van der Waals surface area contributed by atoms with Gasteiger partial charge in [-0.1, -0.05) is 36.4 Å². The van der Waals surface area contributed by atoms with E-state index < -0.39 is 12.1 Å². The molecule has 2 amide bonds. The van der Waals surface area contributed by atoms with Gasteiger partial charge in [0.25, 0.3) is 0 Å². The van der Waals surface area contributed by atoms with Crippen molar-refractivity contribution in [1.29, 1.82) is 0 Å². The van der Waals surface area contributed by atoms with Gasteiger partial charge in [0.05, 0.1) is 21.3 Å². The Morgan fingerprint density at radius 3 is 2.22 bits per heavy atom. The third-order valence-electron chi connectivity index (χ3n) is 6.84. The molecule has 2 aliphatic heterocycles. The number of nitrogens with zero attached hydrogens (tertiary/aromatic N) is 3. The highest BCUT2D eigenvalue weighted by Gasteiger charge is 2.38. The number of methoxy groups -OCH3 is 3. The summed E-state index contributed by atoms with van der Waals surface area (Å²) in [4.78, 5) is 31.8. The lowest BCUT2D eigenvalue weighted by Gasteiger charge is -2.37. The average molecular weight is 534 g/mol. The van der Waals surface area contributed by atoms with E-state index in [2.05, 4.69) is 4.90 Å². The van der Waals surface area contributed by atoms with E-state index >= 15 is 0 Å². The topological polar surface area (TPSA) is 80.8 Å². The molecule has 2 aromatic rings. The number of ether oxygens (including phenoxy) is 4. The van der Waals surface area contributed by atoms with Gasteiger partial charge in [0, 0.05) is 44.8 Å². The first-order chi connectivity index (χ1) is 17.5. The fourth-order valence-electron chi connectivity index (χ4n) is 4.91. The number of likely N-dealkylation sites (tertiary alicyclic amines) is 1. The van der Waals surface area contributed by atoms with E-state index in [0.717, 1.165) is 30.6 Å². The van der Waals surface area contributed by atoms with Gasteiger partial charge < -0.3 is 23.8 Å². The number of benzene rings is 2. The Kier molecular flexibility index (Phi) is 10.3. The van der Waals surface area contributed by atoms with Crippen LogP contribution in [-0.2, 0) is 22.7 Å². The van der Waals surface area contributed by atoms with Crippen molar-refractivity contribution in [3.05, 3.63) is 53.6 Å². The fraction of sp³-hybridized carbons (Fsp3) is 0.481. The van der Waals surface area contributed by atoms with E-state index in [4.69, 9.17) is 18.9 Å². The van der Waals surface area contributed by atoms with Gasteiger partial charge in [0.2, 0.25) is 11.7 Å². The van der Waals surface area contributed by atoms with E-state index in [0.29, 0.717) is 49.8 Å². The van der Waals surface area contributed by atoms with Gasteiger partial charge in [-0.15, -0.1) is 12.4 Å². The molecule has 2 aromatic carbocycles. The van der Waals surface area contributed by atoms with Gasteiger partial charge >= 0.3 is 6.09 Å². The van der Waals surface area contributed by atoms with Gasteiger partial charge in [-0.2, -0.15) is 0 Å². The number of hydrogen-bond acceptors (Lipinski definition) is 7. The van der Waals surface area contributed by atoms with Crippen LogP contribution in [0.5, 0.6) is 17.2 Å². The summed E-state index contributed by atoms with van der Waals surface area (Å²) < 4.78 is 22.0. The monoisotopic (exact) mass is 533 g/mol. The molecular weight excluding hydrogens is 498 g/mol. The molecule has 2 fully saturated rings. The van der Waals surface area contributed by atoms with Crippen LogP contribution in [0.3, 0.4) is 0 Å². The number of amides is 2. The molecule has 10 heteroatoms. The smallest absolute Gasteiger partial charge is 0.410 e. The maximum atomic E-state index is 13.3. The van der Waals surface area contributed by atoms with E-state index in [1.807, 2.05) is 47.4 Å². The van der Waals surface area contributed by atoms with E-state index in [1.54, 1.807) is 26.2 Å². The van der Waals surface area contributed by atoms with Crippen molar-refractivity contribution in [3.63, 3.8) is 0 Å². The lowest BCUT2D eigenvalue weighted by Crippen LogP contribution is -2.54. The van der Waals surface area contributed by atoms with Crippen molar-refractivity contribution in [2.45, 2.75) is 32.0 Å². The van der Waals surface area contributed by atoms with Gasteiger partial charge in [-0.3, -0.25) is 14.6 Å². The lowest BCUT2D eigenvalue weighted by atomic mass is 10.1. The molecule has 0 spiro atoms. The third kappa shape index (κ3) is 6.59. The van der Waals surface area contributed by atoms with Gasteiger partial charge in [0.1, 0.15) is 12.6 Å². The largest absolute Gasteiger partial charge is 0.493 e. The highest BCUT2D eigenvalue weighted by Crippen LogP contribution is 2.40.